The van der Waals surface area contributed by atoms with Crippen LogP contribution in [0.2, 0.25) is 0 Å². The fourth-order valence-corrected chi connectivity index (χ4v) is 1.40. The first-order chi connectivity index (χ1) is 6.24. The predicted molar refractivity (Wildman–Crippen MR) is 58.1 cm³/mol. The van der Waals surface area contributed by atoms with E-state index in [-0.39, 0.29) is 0 Å². The zero-order chi connectivity index (χ0) is 9.68. The fourth-order valence-electron chi connectivity index (χ4n) is 1.40. The van der Waals surface area contributed by atoms with Crippen LogP contribution in [0.4, 0.5) is 0 Å². The molecule has 1 atom stereocenters. The SMILES string of the molecule is CC1=CC[C@H](/C(C)=C/C=C\N)C=C1. The van der Waals surface area contributed by atoms with E-state index in [9.17, 15) is 0 Å². The summed E-state index contributed by atoms with van der Waals surface area (Å²) in [5.41, 5.74) is 8.00. The fraction of sp³-hybridized carbons (Fsp3) is 0.333. The van der Waals surface area contributed by atoms with Gasteiger partial charge < -0.3 is 5.73 Å². The molecule has 0 aromatic rings. The summed E-state index contributed by atoms with van der Waals surface area (Å²) in [4.78, 5) is 0. The molecule has 0 aromatic heterocycles. The van der Waals surface area contributed by atoms with E-state index in [0.29, 0.717) is 5.92 Å². The first-order valence-corrected chi connectivity index (χ1v) is 4.64. The van der Waals surface area contributed by atoms with E-state index < -0.39 is 0 Å². The van der Waals surface area contributed by atoms with Crippen molar-refractivity contribution in [3.05, 3.63) is 47.7 Å². The van der Waals surface area contributed by atoms with Crippen LogP contribution in [0.3, 0.4) is 0 Å². The van der Waals surface area contributed by atoms with Gasteiger partial charge in [0.15, 0.2) is 0 Å². The van der Waals surface area contributed by atoms with Gasteiger partial charge in [-0.3, -0.25) is 0 Å². The van der Waals surface area contributed by atoms with E-state index in [1.165, 1.54) is 11.1 Å². The largest absolute Gasteiger partial charge is 0.405 e. The van der Waals surface area contributed by atoms with E-state index in [4.69, 9.17) is 5.73 Å². The third-order valence-electron chi connectivity index (χ3n) is 2.34. The van der Waals surface area contributed by atoms with Gasteiger partial charge in [0, 0.05) is 5.92 Å². The maximum atomic E-state index is 5.27. The van der Waals surface area contributed by atoms with Crippen LogP contribution in [-0.2, 0) is 0 Å². The van der Waals surface area contributed by atoms with E-state index in [1.807, 2.05) is 6.08 Å². The summed E-state index contributed by atoms with van der Waals surface area (Å²) in [7, 11) is 0. The first kappa shape index (κ1) is 9.85. The lowest BCUT2D eigenvalue weighted by atomic mass is 9.91. The highest BCUT2D eigenvalue weighted by atomic mass is 14.5. The van der Waals surface area contributed by atoms with Gasteiger partial charge in [-0.05, 0) is 32.5 Å². The number of allylic oxidation sites excluding steroid dienone is 7. The van der Waals surface area contributed by atoms with Gasteiger partial charge >= 0.3 is 0 Å². The Morgan fingerprint density at radius 2 is 2.38 bits per heavy atom. The molecular formula is C12H17N. The number of rotatable bonds is 2. The zero-order valence-corrected chi connectivity index (χ0v) is 8.33. The third-order valence-corrected chi connectivity index (χ3v) is 2.34. The summed E-state index contributed by atoms with van der Waals surface area (Å²) in [5, 5.41) is 0. The highest BCUT2D eigenvalue weighted by Gasteiger charge is 2.07. The Morgan fingerprint density at radius 1 is 1.62 bits per heavy atom. The molecule has 0 fully saturated rings. The summed E-state index contributed by atoms with van der Waals surface area (Å²) < 4.78 is 0. The molecule has 1 nitrogen and oxygen atoms in total. The molecule has 0 radical (unpaired) electrons. The smallest absolute Gasteiger partial charge is 0.00150 e. The van der Waals surface area contributed by atoms with Gasteiger partial charge in [0.05, 0.1) is 0 Å². The molecule has 0 aliphatic heterocycles. The van der Waals surface area contributed by atoms with Gasteiger partial charge in [0.2, 0.25) is 0 Å². The maximum Gasteiger partial charge on any atom is 0.00150 e. The minimum absolute atomic E-state index is 0.555. The lowest BCUT2D eigenvalue weighted by Gasteiger charge is -2.14. The molecule has 70 valence electrons. The molecule has 2 N–H and O–H groups in total. The van der Waals surface area contributed by atoms with Crippen LogP contribution in [0.5, 0.6) is 0 Å². The van der Waals surface area contributed by atoms with Crippen molar-refractivity contribution in [3.63, 3.8) is 0 Å². The molecule has 0 unspecified atom stereocenters. The standard InChI is InChI=1S/C12H17N/c1-10-5-7-12(8-6-10)11(2)4-3-9-13/h3-7,9,12H,8,13H2,1-2H3/b9-3-,11-4+/t12-/m1/s1. The number of hydrogen-bond acceptors (Lipinski definition) is 1. The molecule has 1 aliphatic carbocycles. The Balaban J connectivity index is 2.61. The van der Waals surface area contributed by atoms with Gasteiger partial charge in [-0.15, -0.1) is 0 Å². The van der Waals surface area contributed by atoms with Gasteiger partial charge in [-0.25, -0.2) is 0 Å². The summed E-state index contributed by atoms with van der Waals surface area (Å²) in [5.74, 6) is 0.555. The lowest BCUT2D eigenvalue weighted by Crippen LogP contribution is -2.00. The van der Waals surface area contributed by atoms with Crippen LogP contribution >= 0.6 is 0 Å². The number of nitrogens with two attached hydrogens (primary N) is 1. The minimum atomic E-state index is 0.555. The van der Waals surface area contributed by atoms with Gasteiger partial charge in [0.25, 0.3) is 0 Å². The molecule has 0 saturated carbocycles. The molecule has 1 aliphatic rings. The van der Waals surface area contributed by atoms with Crippen molar-refractivity contribution in [1.82, 2.24) is 0 Å². The molecule has 0 spiro atoms. The summed E-state index contributed by atoms with van der Waals surface area (Å²) in [6.45, 7) is 4.27. The Kier molecular flexibility index (Phi) is 3.56. The van der Waals surface area contributed by atoms with Crippen LogP contribution in [0.15, 0.2) is 47.7 Å². The second kappa shape index (κ2) is 4.70. The molecule has 13 heavy (non-hydrogen) atoms. The van der Waals surface area contributed by atoms with E-state index in [0.717, 1.165) is 6.42 Å². The molecule has 1 rings (SSSR count). The van der Waals surface area contributed by atoms with Gasteiger partial charge in [0.1, 0.15) is 0 Å². The molecule has 0 aromatic carbocycles. The second-order valence-corrected chi connectivity index (χ2v) is 3.45. The van der Waals surface area contributed by atoms with E-state index in [1.54, 1.807) is 6.20 Å². The normalized spacial score (nSPS) is 23.7. The number of hydrogen-bond donors (Lipinski definition) is 1. The maximum absolute atomic E-state index is 5.27. The first-order valence-electron chi connectivity index (χ1n) is 4.64. The zero-order valence-electron chi connectivity index (χ0n) is 8.33. The lowest BCUT2D eigenvalue weighted by molar-refractivity contribution is 0.760. The summed E-state index contributed by atoms with van der Waals surface area (Å²) in [6.07, 6.45) is 13.3. The average molecular weight is 175 g/mol. The van der Waals surface area contributed by atoms with Crippen LogP contribution in [0.25, 0.3) is 0 Å². The summed E-state index contributed by atoms with van der Waals surface area (Å²) >= 11 is 0. The summed E-state index contributed by atoms with van der Waals surface area (Å²) in [6, 6.07) is 0. The Labute approximate surface area is 80.3 Å². The van der Waals surface area contributed by atoms with Crippen LogP contribution in [0, 0.1) is 5.92 Å². The van der Waals surface area contributed by atoms with Crippen LogP contribution < -0.4 is 5.73 Å². The molecule has 0 amide bonds. The van der Waals surface area contributed by atoms with Crippen molar-refractivity contribution in [2.45, 2.75) is 20.3 Å². The van der Waals surface area contributed by atoms with Crippen molar-refractivity contribution < 1.29 is 0 Å². The average Bonchev–Trinajstić information content (AvgIpc) is 2.15. The Hall–Kier alpha value is -1.24. The highest BCUT2D eigenvalue weighted by Crippen LogP contribution is 2.22. The second-order valence-electron chi connectivity index (χ2n) is 3.45. The molecule has 0 bridgehead atoms. The minimum Gasteiger partial charge on any atom is -0.405 e. The predicted octanol–water partition coefficient (Wildman–Crippen LogP) is 2.93. The molecule has 1 heteroatoms. The van der Waals surface area contributed by atoms with Crippen LogP contribution in [0.1, 0.15) is 20.3 Å². The topological polar surface area (TPSA) is 26.0 Å². The van der Waals surface area contributed by atoms with Crippen molar-refractivity contribution >= 4 is 0 Å². The van der Waals surface area contributed by atoms with Gasteiger partial charge in [-0.2, -0.15) is 0 Å². The highest BCUT2D eigenvalue weighted by molar-refractivity contribution is 5.27. The quantitative estimate of drug-likeness (QED) is 0.641. The Morgan fingerprint density at radius 3 is 2.92 bits per heavy atom. The van der Waals surface area contributed by atoms with Crippen molar-refractivity contribution in [2.24, 2.45) is 11.7 Å². The van der Waals surface area contributed by atoms with Crippen molar-refractivity contribution in [3.8, 4) is 0 Å². The van der Waals surface area contributed by atoms with Crippen molar-refractivity contribution in [2.75, 3.05) is 0 Å². The van der Waals surface area contributed by atoms with Crippen molar-refractivity contribution in [1.29, 1.82) is 0 Å². The van der Waals surface area contributed by atoms with E-state index >= 15 is 0 Å². The molecule has 0 saturated heterocycles. The van der Waals surface area contributed by atoms with E-state index in [2.05, 4.69) is 38.2 Å². The molecular weight excluding hydrogens is 158 g/mol. The Bertz CT molecular complexity index is 279. The molecule has 0 heterocycles. The monoisotopic (exact) mass is 175 g/mol. The van der Waals surface area contributed by atoms with Gasteiger partial charge in [-0.1, -0.05) is 35.5 Å². The van der Waals surface area contributed by atoms with Crippen LogP contribution in [-0.4, -0.2) is 0 Å². The third kappa shape index (κ3) is 2.94.